The van der Waals surface area contributed by atoms with E-state index in [1.165, 1.54) is 0 Å². The lowest BCUT2D eigenvalue weighted by Crippen LogP contribution is -2.23. The van der Waals surface area contributed by atoms with E-state index < -0.39 is 0 Å². The van der Waals surface area contributed by atoms with Crippen molar-refractivity contribution in [3.05, 3.63) is 41.3 Å². The van der Waals surface area contributed by atoms with E-state index in [1.807, 2.05) is 25.4 Å². The summed E-state index contributed by atoms with van der Waals surface area (Å²) in [5.41, 5.74) is 2.38. The van der Waals surface area contributed by atoms with Crippen LogP contribution < -0.4 is 10.6 Å². The Hall–Kier alpha value is -2.37. The number of hydrogen-bond acceptors (Lipinski definition) is 4. The molecule has 112 valence electrons. The minimum atomic E-state index is -0.114. The second-order valence-electron chi connectivity index (χ2n) is 4.90. The van der Waals surface area contributed by atoms with Crippen LogP contribution in [0.5, 0.6) is 0 Å². The molecule has 1 amide bonds. The molecule has 6 heteroatoms. The zero-order chi connectivity index (χ0) is 15.2. The molecular weight excluding hydrogens is 266 g/mol. The van der Waals surface area contributed by atoms with Crippen LogP contribution in [0.1, 0.15) is 35.1 Å². The summed E-state index contributed by atoms with van der Waals surface area (Å²) in [5.74, 6) is 0.598. The average molecular weight is 287 g/mol. The molecule has 0 aliphatic carbocycles. The highest BCUT2D eigenvalue weighted by molar-refractivity contribution is 5.94. The molecule has 2 rings (SSSR count). The van der Waals surface area contributed by atoms with E-state index >= 15 is 0 Å². The minimum Gasteiger partial charge on any atom is -0.373 e. The summed E-state index contributed by atoms with van der Waals surface area (Å²) in [6.07, 6.45) is 3.71. The Kier molecular flexibility index (Phi) is 4.92. The van der Waals surface area contributed by atoms with Crippen LogP contribution in [-0.2, 0) is 20.0 Å². The molecule has 0 radical (unpaired) electrons. The number of aromatic nitrogens is 3. The topological polar surface area (TPSA) is 71.8 Å². The summed E-state index contributed by atoms with van der Waals surface area (Å²) in [6, 6.07) is 5.49. The molecule has 0 saturated carbocycles. The minimum absolute atomic E-state index is 0.114. The van der Waals surface area contributed by atoms with E-state index in [0.717, 1.165) is 24.2 Å². The number of hydrogen-bond donors (Lipinski definition) is 2. The number of rotatable bonds is 6. The fourth-order valence-corrected chi connectivity index (χ4v) is 2.06. The Morgan fingerprint density at radius 3 is 2.76 bits per heavy atom. The smallest absolute Gasteiger partial charge is 0.251 e. The lowest BCUT2D eigenvalue weighted by molar-refractivity contribution is 0.0950. The van der Waals surface area contributed by atoms with Gasteiger partial charge in [-0.15, -0.1) is 0 Å². The quantitative estimate of drug-likeness (QED) is 0.849. The third-order valence-electron chi connectivity index (χ3n) is 3.10. The monoisotopic (exact) mass is 287 g/mol. The molecule has 0 unspecified atom stereocenters. The van der Waals surface area contributed by atoms with Gasteiger partial charge in [-0.3, -0.25) is 9.48 Å². The van der Waals surface area contributed by atoms with Crippen LogP contribution in [0.4, 0.5) is 5.82 Å². The fourth-order valence-electron chi connectivity index (χ4n) is 2.06. The summed E-state index contributed by atoms with van der Waals surface area (Å²) >= 11 is 0. The summed E-state index contributed by atoms with van der Waals surface area (Å²) in [4.78, 5) is 16.7. The van der Waals surface area contributed by atoms with Crippen molar-refractivity contribution in [2.75, 3.05) is 12.4 Å². The van der Waals surface area contributed by atoms with Crippen molar-refractivity contribution in [2.24, 2.45) is 7.05 Å². The Morgan fingerprint density at radius 2 is 2.14 bits per heavy atom. The van der Waals surface area contributed by atoms with Gasteiger partial charge < -0.3 is 10.6 Å². The Morgan fingerprint density at radius 1 is 1.33 bits per heavy atom. The highest BCUT2D eigenvalue weighted by Crippen LogP contribution is 2.12. The van der Waals surface area contributed by atoms with Crippen molar-refractivity contribution in [1.29, 1.82) is 0 Å². The normalized spacial score (nSPS) is 10.4. The van der Waals surface area contributed by atoms with Crippen LogP contribution in [0.2, 0.25) is 0 Å². The molecule has 0 aliphatic rings. The molecule has 0 aliphatic heterocycles. The zero-order valence-electron chi connectivity index (χ0n) is 12.7. The van der Waals surface area contributed by atoms with E-state index in [-0.39, 0.29) is 5.91 Å². The van der Waals surface area contributed by atoms with E-state index in [2.05, 4.69) is 27.6 Å². The van der Waals surface area contributed by atoms with Gasteiger partial charge in [-0.1, -0.05) is 13.3 Å². The van der Waals surface area contributed by atoms with Gasteiger partial charge in [-0.05, 0) is 24.6 Å². The van der Waals surface area contributed by atoms with Crippen molar-refractivity contribution in [2.45, 2.75) is 26.3 Å². The van der Waals surface area contributed by atoms with Crippen molar-refractivity contribution in [3.8, 4) is 0 Å². The second kappa shape index (κ2) is 6.88. The van der Waals surface area contributed by atoms with Crippen LogP contribution >= 0.6 is 0 Å². The van der Waals surface area contributed by atoms with Gasteiger partial charge in [-0.2, -0.15) is 5.10 Å². The third kappa shape index (κ3) is 4.05. The van der Waals surface area contributed by atoms with Crippen molar-refractivity contribution in [1.82, 2.24) is 20.1 Å². The molecule has 2 heterocycles. The Balaban J connectivity index is 2.08. The predicted octanol–water partition coefficient (Wildman–Crippen LogP) is 1.74. The highest BCUT2D eigenvalue weighted by Gasteiger charge is 2.10. The maximum Gasteiger partial charge on any atom is 0.251 e. The SMILES string of the molecule is CCCc1cc(C(=O)NCc2ccn(C)n2)cc(NC)n1. The Bertz CT molecular complexity index is 620. The molecule has 0 atom stereocenters. The van der Waals surface area contributed by atoms with Gasteiger partial charge >= 0.3 is 0 Å². The van der Waals surface area contributed by atoms with E-state index in [1.54, 1.807) is 17.8 Å². The number of carbonyl (C=O) groups is 1. The molecule has 0 fully saturated rings. The van der Waals surface area contributed by atoms with Gasteiger partial charge in [0.15, 0.2) is 0 Å². The van der Waals surface area contributed by atoms with Gasteiger partial charge in [0.2, 0.25) is 0 Å². The predicted molar refractivity (Wildman–Crippen MR) is 82.2 cm³/mol. The van der Waals surface area contributed by atoms with E-state index in [9.17, 15) is 4.79 Å². The van der Waals surface area contributed by atoms with E-state index in [0.29, 0.717) is 17.9 Å². The van der Waals surface area contributed by atoms with Crippen LogP contribution in [0.3, 0.4) is 0 Å². The van der Waals surface area contributed by atoms with Gasteiger partial charge in [0.05, 0.1) is 12.2 Å². The first kappa shape index (κ1) is 15.0. The number of amides is 1. The van der Waals surface area contributed by atoms with Crippen LogP contribution in [0.25, 0.3) is 0 Å². The molecule has 0 spiro atoms. The maximum absolute atomic E-state index is 12.2. The van der Waals surface area contributed by atoms with Crippen molar-refractivity contribution in [3.63, 3.8) is 0 Å². The number of pyridine rings is 1. The first-order valence-corrected chi connectivity index (χ1v) is 7.07. The third-order valence-corrected chi connectivity index (χ3v) is 3.10. The van der Waals surface area contributed by atoms with Crippen molar-refractivity contribution < 1.29 is 4.79 Å². The first-order valence-electron chi connectivity index (χ1n) is 7.07. The highest BCUT2D eigenvalue weighted by atomic mass is 16.1. The molecule has 0 saturated heterocycles. The lowest BCUT2D eigenvalue weighted by Gasteiger charge is -2.08. The summed E-state index contributed by atoms with van der Waals surface area (Å²) < 4.78 is 1.71. The number of nitrogens with one attached hydrogen (secondary N) is 2. The molecule has 2 aromatic heterocycles. The number of nitrogens with zero attached hydrogens (tertiary/aromatic N) is 3. The number of anilines is 1. The lowest BCUT2D eigenvalue weighted by atomic mass is 10.1. The molecule has 6 nitrogen and oxygen atoms in total. The fraction of sp³-hybridized carbons (Fsp3) is 0.400. The van der Waals surface area contributed by atoms with Crippen LogP contribution in [0, 0.1) is 0 Å². The maximum atomic E-state index is 12.2. The van der Waals surface area contributed by atoms with Crippen LogP contribution in [0.15, 0.2) is 24.4 Å². The number of aryl methyl sites for hydroxylation is 2. The second-order valence-corrected chi connectivity index (χ2v) is 4.90. The molecule has 0 aromatic carbocycles. The molecule has 21 heavy (non-hydrogen) atoms. The summed E-state index contributed by atoms with van der Waals surface area (Å²) in [7, 11) is 3.65. The van der Waals surface area contributed by atoms with E-state index in [4.69, 9.17) is 0 Å². The molecular formula is C15H21N5O. The van der Waals surface area contributed by atoms with Gasteiger partial charge in [0, 0.05) is 31.5 Å². The molecule has 2 aromatic rings. The zero-order valence-corrected chi connectivity index (χ0v) is 12.7. The standard InChI is InChI=1S/C15H21N5O/c1-4-5-12-8-11(9-14(16-2)18-12)15(21)17-10-13-6-7-20(3)19-13/h6-9H,4-5,10H2,1-3H3,(H,16,18)(H,17,21). The largest absolute Gasteiger partial charge is 0.373 e. The molecule has 0 bridgehead atoms. The van der Waals surface area contributed by atoms with Crippen LogP contribution in [-0.4, -0.2) is 27.7 Å². The summed E-state index contributed by atoms with van der Waals surface area (Å²) in [6.45, 7) is 2.51. The first-order chi connectivity index (χ1) is 10.1. The number of carbonyl (C=O) groups excluding carboxylic acids is 1. The van der Waals surface area contributed by atoms with Gasteiger partial charge in [-0.25, -0.2) is 4.98 Å². The van der Waals surface area contributed by atoms with Gasteiger partial charge in [0.25, 0.3) is 5.91 Å². The Labute approximate surface area is 124 Å². The van der Waals surface area contributed by atoms with Crippen molar-refractivity contribution >= 4 is 11.7 Å². The summed E-state index contributed by atoms with van der Waals surface area (Å²) in [5, 5.41) is 10.1. The molecule has 2 N–H and O–H groups in total. The van der Waals surface area contributed by atoms with Gasteiger partial charge in [0.1, 0.15) is 5.82 Å². The average Bonchev–Trinajstić information content (AvgIpc) is 2.90.